The first-order chi connectivity index (χ1) is 13.5. The van der Waals surface area contributed by atoms with Gasteiger partial charge in [0, 0.05) is 8.95 Å². The largest absolute Gasteiger partial charge is 0.282 e. The molecule has 1 aliphatic heterocycles. The summed E-state index contributed by atoms with van der Waals surface area (Å²) in [5.41, 5.74) is 1.97. The first kappa shape index (κ1) is 18.8. The molecule has 1 amide bonds. The van der Waals surface area contributed by atoms with Crippen LogP contribution in [0.2, 0.25) is 0 Å². The smallest absolute Gasteiger partial charge is 0.266 e. The van der Waals surface area contributed by atoms with E-state index in [-0.39, 0.29) is 23.0 Å². The normalized spacial score (nSPS) is 15.2. The van der Waals surface area contributed by atoms with Gasteiger partial charge in [-0.15, -0.1) is 0 Å². The Morgan fingerprint density at radius 3 is 2.36 bits per heavy atom. The molecule has 0 radical (unpaired) electrons. The highest BCUT2D eigenvalue weighted by Gasteiger charge is 2.33. The molecule has 0 N–H and O–H groups in total. The van der Waals surface area contributed by atoms with Crippen molar-refractivity contribution in [3.8, 4) is 0 Å². The third-order valence-corrected chi connectivity index (χ3v) is 5.24. The Morgan fingerprint density at radius 1 is 0.893 bits per heavy atom. The molecule has 0 fully saturated rings. The Hall–Kier alpha value is -2.57. The number of amides is 1. The second-order valence-electron chi connectivity index (χ2n) is 6.12. The fraction of sp³-hybridized carbons (Fsp3) is 0. The Balaban J connectivity index is 1.85. The van der Waals surface area contributed by atoms with Gasteiger partial charge in [-0.2, -0.15) is 0 Å². The minimum atomic E-state index is -0.432. The molecule has 4 rings (SSSR count). The van der Waals surface area contributed by atoms with Crippen molar-refractivity contribution in [2.75, 3.05) is 4.90 Å². The number of benzene rings is 3. The molecular formula is C22H13Br2FN2O. The Kier molecular flexibility index (Phi) is 5.24. The van der Waals surface area contributed by atoms with Crippen LogP contribution in [-0.4, -0.2) is 11.7 Å². The molecule has 6 heteroatoms. The number of carbonyl (C=O) groups is 1. The van der Waals surface area contributed by atoms with E-state index in [1.807, 2.05) is 36.4 Å². The number of rotatable bonds is 3. The van der Waals surface area contributed by atoms with Crippen LogP contribution in [0.3, 0.4) is 0 Å². The predicted octanol–water partition coefficient (Wildman–Crippen LogP) is 6.19. The van der Waals surface area contributed by atoms with Gasteiger partial charge in [0.15, 0.2) is 5.84 Å². The monoisotopic (exact) mass is 498 g/mol. The summed E-state index contributed by atoms with van der Waals surface area (Å²) in [6.07, 6.45) is 1.70. The van der Waals surface area contributed by atoms with Crippen LogP contribution in [0.25, 0.3) is 6.08 Å². The minimum absolute atomic E-state index is 0.251. The minimum Gasteiger partial charge on any atom is -0.266 e. The van der Waals surface area contributed by atoms with E-state index in [0.717, 1.165) is 14.5 Å². The highest BCUT2D eigenvalue weighted by Crippen LogP contribution is 2.30. The summed E-state index contributed by atoms with van der Waals surface area (Å²) in [6, 6.07) is 21.1. The first-order valence-corrected chi connectivity index (χ1v) is 10.0. The summed E-state index contributed by atoms with van der Waals surface area (Å²) in [5.74, 6) is -0.470. The zero-order valence-electron chi connectivity index (χ0n) is 14.4. The standard InChI is InChI=1S/C22H13Br2FN2O/c23-15-10-8-14(9-11-15)12-20-22(28)27(17-5-3-4-16(24)13-17)21(26-20)18-6-1-2-7-19(18)25/h1-13H/b20-12+. The van der Waals surface area contributed by atoms with Crippen molar-refractivity contribution in [1.82, 2.24) is 0 Å². The van der Waals surface area contributed by atoms with E-state index in [1.54, 1.807) is 36.4 Å². The molecule has 0 atom stereocenters. The Bertz CT molecular complexity index is 1120. The highest BCUT2D eigenvalue weighted by molar-refractivity contribution is 9.10. The molecule has 0 unspecified atom stereocenters. The number of amidine groups is 1. The molecule has 0 saturated heterocycles. The number of halogens is 3. The first-order valence-electron chi connectivity index (χ1n) is 8.44. The van der Waals surface area contributed by atoms with Crippen molar-refractivity contribution < 1.29 is 9.18 Å². The number of hydrogen-bond acceptors (Lipinski definition) is 2. The number of hydrogen-bond donors (Lipinski definition) is 0. The van der Waals surface area contributed by atoms with Crippen LogP contribution in [0, 0.1) is 5.82 Å². The quantitative estimate of drug-likeness (QED) is 0.396. The van der Waals surface area contributed by atoms with Crippen molar-refractivity contribution in [1.29, 1.82) is 0 Å². The van der Waals surface area contributed by atoms with Gasteiger partial charge in [-0.1, -0.05) is 62.2 Å². The van der Waals surface area contributed by atoms with Crippen LogP contribution in [0.15, 0.2) is 92.4 Å². The molecule has 0 spiro atoms. The van der Waals surface area contributed by atoms with Crippen LogP contribution in [0.5, 0.6) is 0 Å². The SMILES string of the molecule is O=C1/C(=C\c2ccc(Br)cc2)N=C(c2ccccc2F)N1c1cccc(Br)c1. The maximum absolute atomic E-state index is 14.5. The molecule has 28 heavy (non-hydrogen) atoms. The van der Waals surface area contributed by atoms with E-state index >= 15 is 0 Å². The summed E-state index contributed by atoms with van der Waals surface area (Å²) >= 11 is 6.82. The molecule has 0 aliphatic carbocycles. The van der Waals surface area contributed by atoms with Gasteiger partial charge in [0.2, 0.25) is 0 Å². The second kappa shape index (κ2) is 7.81. The van der Waals surface area contributed by atoms with Crippen LogP contribution < -0.4 is 4.90 Å². The van der Waals surface area contributed by atoms with Gasteiger partial charge in [-0.3, -0.25) is 9.69 Å². The Labute approximate surface area is 178 Å². The van der Waals surface area contributed by atoms with Gasteiger partial charge in [0.05, 0.1) is 11.3 Å². The lowest BCUT2D eigenvalue weighted by Gasteiger charge is -2.19. The van der Waals surface area contributed by atoms with Crippen LogP contribution in [-0.2, 0) is 4.79 Å². The molecular weight excluding hydrogens is 487 g/mol. The molecule has 0 aromatic heterocycles. The summed E-state index contributed by atoms with van der Waals surface area (Å²) in [5, 5.41) is 0. The van der Waals surface area contributed by atoms with Crippen molar-refractivity contribution >= 4 is 55.4 Å². The van der Waals surface area contributed by atoms with Gasteiger partial charge in [0.1, 0.15) is 11.5 Å². The summed E-state index contributed by atoms with van der Waals surface area (Å²) < 4.78 is 16.2. The fourth-order valence-corrected chi connectivity index (χ4v) is 3.56. The van der Waals surface area contributed by atoms with E-state index in [9.17, 15) is 9.18 Å². The van der Waals surface area contributed by atoms with Crippen molar-refractivity contribution in [3.05, 3.63) is 104 Å². The maximum Gasteiger partial charge on any atom is 0.282 e. The molecule has 0 saturated carbocycles. The molecule has 1 heterocycles. The van der Waals surface area contributed by atoms with Gasteiger partial charge < -0.3 is 0 Å². The highest BCUT2D eigenvalue weighted by atomic mass is 79.9. The van der Waals surface area contributed by atoms with Gasteiger partial charge in [0.25, 0.3) is 5.91 Å². The number of carbonyl (C=O) groups excluding carboxylic acids is 1. The molecule has 1 aliphatic rings. The molecule has 138 valence electrons. The molecule has 3 aromatic carbocycles. The third kappa shape index (κ3) is 3.70. The fourth-order valence-electron chi connectivity index (χ4n) is 2.91. The summed E-state index contributed by atoms with van der Waals surface area (Å²) in [4.78, 5) is 19.1. The number of aliphatic imine (C=N–C) groups is 1. The third-order valence-electron chi connectivity index (χ3n) is 4.21. The van der Waals surface area contributed by atoms with Gasteiger partial charge in [-0.25, -0.2) is 9.38 Å². The van der Waals surface area contributed by atoms with Crippen molar-refractivity contribution in [2.45, 2.75) is 0 Å². The Morgan fingerprint density at radius 2 is 1.64 bits per heavy atom. The van der Waals surface area contributed by atoms with E-state index in [0.29, 0.717) is 5.69 Å². The average Bonchev–Trinajstić information content (AvgIpc) is 3.00. The molecule has 0 bridgehead atoms. The van der Waals surface area contributed by atoms with E-state index in [4.69, 9.17) is 0 Å². The van der Waals surface area contributed by atoms with E-state index < -0.39 is 5.82 Å². The van der Waals surface area contributed by atoms with Crippen LogP contribution in [0.4, 0.5) is 10.1 Å². The summed E-state index contributed by atoms with van der Waals surface area (Å²) in [6.45, 7) is 0. The molecule has 3 nitrogen and oxygen atoms in total. The lowest BCUT2D eigenvalue weighted by atomic mass is 10.1. The average molecular weight is 500 g/mol. The van der Waals surface area contributed by atoms with E-state index in [2.05, 4.69) is 36.9 Å². The number of anilines is 1. The van der Waals surface area contributed by atoms with Gasteiger partial charge in [-0.05, 0) is 54.1 Å². The lowest BCUT2D eigenvalue weighted by Crippen LogP contribution is -2.33. The molecule has 3 aromatic rings. The van der Waals surface area contributed by atoms with Crippen molar-refractivity contribution in [2.24, 2.45) is 4.99 Å². The zero-order chi connectivity index (χ0) is 19.7. The van der Waals surface area contributed by atoms with Gasteiger partial charge >= 0.3 is 0 Å². The van der Waals surface area contributed by atoms with Crippen LogP contribution in [0.1, 0.15) is 11.1 Å². The maximum atomic E-state index is 14.5. The second-order valence-corrected chi connectivity index (χ2v) is 7.95. The zero-order valence-corrected chi connectivity index (χ0v) is 17.6. The summed E-state index contributed by atoms with van der Waals surface area (Å²) in [7, 11) is 0. The van der Waals surface area contributed by atoms with E-state index in [1.165, 1.54) is 11.0 Å². The lowest BCUT2D eigenvalue weighted by molar-refractivity contribution is -0.113. The number of nitrogens with zero attached hydrogens (tertiary/aromatic N) is 2. The topological polar surface area (TPSA) is 32.7 Å². The predicted molar refractivity (Wildman–Crippen MR) is 117 cm³/mol. The van der Waals surface area contributed by atoms with Crippen LogP contribution >= 0.6 is 31.9 Å². The van der Waals surface area contributed by atoms with Crippen molar-refractivity contribution in [3.63, 3.8) is 0 Å².